The Bertz CT molecular complexity index is 978. The van der Waals surface area contributed by atoms with E-state index in [-0.39, 0.29) is 29.5 Å². The summed E-state index contributed by atoms with van der Waals surface area (Å²) in [6.45, 7) is 0.785. The monoisotopic (exact) mass is 428 g/mol. The Labute approximate surface area is 179 Å². The molecule has 2 aliphatic rings. The smallest absolute Gasteiger partial charge is 0.306 e. The lowest BCUT2D eigenvalue weighted by Crippen LogP contribution is -2.30. The zero-order valence-corrected chi connectivity index (χ0v) is 17.0. The van der Waals surface area contributed by atoms with Gasteiger partial charge in [-0.15, -0.1) is 0 Å². The van der Waals surface area contributed by atoms with Gasteiger partial charge in [-0.2, -0.15) is 0 Å². The minimum absolute atomic E-state index is 0.0309. The highest BCUT2D eigenvalue weighted by molar-refractivity contribution is 5.95. The van der Waals surface area contributed by atoms with Crippen LogP contribution in [0.4, 0.5) is 10.3 Å². The average molecular weight is 428 g/mol. The average Bonchev–Trinajstić information content (AvgIpc) is 3.21. The maximum Gasteiger partial charge on any atom is 0.306 e. The Hall–Kier alpha value is -3.07. The van der Waals surface area contributed by atoms with Crippen LogP contribution in [-0.4, -0.2) is 62.2 Å². The summed E-state index contributed by atoms with van der Waals surface area (Å²) in [7, 11) is 0. The predicted octanol–water partition coefficient (Wildman–Crippen LogP) is 2.54. The number of hydrogen-bond donors (Lipinski definition) is 3. The van der Waals surface area contributed by atoms with Gasteiger partial charge in [0.25, 0.3) is 5.91 Å². The third kappa shape index (κ3) is 4.82. The van der Waals surface area contributed by atoms with Crippen molar-refractivity contribution >= 4 is 17.8 Å². The van der Waals surface area contributed by atoms with Gasteiger partial charge in [-0.3, -0.25) is 9.59 Å². The third-order valence-electron chi connectivity index (χ3n) is 5.99. The van der Waals surface area contributed by atoms with Crippen molar-refractivity contribution in [2.75, 3.05) is 18.4 Å². The normalized spacial score (nSPS) is 23.5. The van der Waals surface area contributed by atoms with Gasteiger partial charge in [0, 0.05) is 30.3 Å². The predicted molar refractivity (Wildman–Crippen MR) is 111 cm³/mol. The highest BCUT2D eigenvalue weighted by Gasteiger charge is 2.27. The Morgan fingerprint density at radius 3 is 2.61 bits per heavy atom. The van der Waals surface area contributed by atoms with E-state index in [4.69, 9.17) is 5.11 Å². The molecule has 4 rings (SSSR count). The highest BCUT2D eigenvalue weighted by atomic mass is 19.1. The van der Waals surface area contributed by atoms with Crippen LogP contribution in [0.25, 0.3) is 11.3 Å². The topological polar surface area (TPSA) is 116 Å². The number of rotatable bonds is 5. The van der Waals surface area contributed by atoms with E-state index in [2.05, 4.69) is 15.3 Å². The van der Waals surface area contributed by atoms with Crippen LogP contribution in [0.15, 0.2) is 30.5 Å². The summed E-state index contributed by atoms with van der Waals surface area (Å²) < 4.78 is 14.5. The molecule has 0 unspecified atom stereocenters. The second kappa shape index (κ2) is 8.97. The zero-order chi connectivity index (χ0) is 22.0. The van der Waals surface area contributed by atoms with Crippen molar-refractivity contribution in [2.45, 2.75) is 44.2 Å². The van der Waals surface area contributed by atoms with Gasteiger partial charge in [-0.25, -0.2) is 14.4 Å². The summed E-state index contributed by atoms with van der Waals surface area (Å²) in [6.07, 6.45) is 3.66. The summed E-state index contributed by atoms with van der Waals surface area (Å²) in [6, 6.07) is 6.65. The van der Waals surface area contributed by atoms with E-state index in [1.807, 2.05) is 0 Å². The van der Waals surface area contributed by atoms with Crippen LogP contribution in [0.1, 0.15) is 42.5 Å². The summed E-state index contributed by atoms with van der Waals surface area (Å²) >= 11 is 0. The number of anilines is 1. The number of aliphatic hydroxyl groups is 1. The molecule has 1 aromatic heterocycles. The quantitative estimate of drug-likeness (QED) is 0.670. The lowest BCUT2D eigenvalue weighted by atomic mass is 9.86. The number of nitrogens with zero attached hydrogens (tertiary/aromatic N) is 3. The first-order valence-electron chi connectivity index (χ1n) is 10.5. The number of carbonyl (C=O) groups is 2. The van der Waals surface area contributed by atoms with Gasteiger partial charge in [0.1, 0.15) is 5.69 Å². The first kappa shape index (κ1) is 21.2. The van der Waals surface area contributed by atoms with E-state index < -0.39 is 17.9 Å². The molecule has 1 aromatic carbocycles. The highest BCUT2D eigenvalue weighted by Crippen LogP contribution is 2.28. The molecule has 1 saturated heterocycles. The van der Waals surface area contributed by atoms with E-state index in [1.54, 1.807) is 29.2 Å². The van der Waals surface area contributed by atoms with Gasteiger partial charge in [-0.1, -0.05) is 12.1 Å². The largest absolute Gasteiger partial charge is 0.481 e. The van der Waals surface area contributed by atoms with Crippen LogP contribution in [0.2, 0.25) is 0 Å². The fourth-order valence-electron chi connectivity index (χ4n) is 4.21. The lowest BCUT2D eigenvalue weighted by molar-refractivity contribution is -0.142. The molecule has 2 aromatic rings. The fourth-order valence-corrected chi connectivity index (χ4v) is 4.21. The van der Waals surface area contributed by atoms with Crippen LogP contribution in [0.3, 0.4) is 0 Å². The van der Waals surface area contributed by atoms with Crippen LogP contribution < -0.4 is 5.32 Å². The van der Waals surface area contributed by atoms with Crippen molar-refractivity contribution in [3.8, 4) is 11.3 Å². The number of carboxylic acids is 1. The molecule has 1 amide bonds. The molecule has 31 heavy (non-hydrogen) atoms. The van der Waals surface area contributed by atoms with Gasteiger partial charge in [0.2, 0.25) is 5.95 Å². The van der Waals surface area contributed by atoms with Crippen LogP contribution in [0, 0.1) is 11.7 Å². The van der Waals surface area contributed by atoms with E-state index in [9.17, 15) is 19.1 Å². The number of carboxylic acid groups (broad SMARTS) is 1. The zero-order valence-electron chi connectivity index (χ0n) is 17.0. The maximum atomic E-state index is 14.5. The molecule has 2 fully saturated rings. The number of nitrogens with one attached hydrogen (secondary N) is 1. The van der Waals surface area contributed by atoms with E-state index in [0.29, 0.717) is 56.3 Å². The molecule has 2 heterocycles. The molecule has 9 heteroatoms. The first-order chi connectivity index (χ1) is 14.9. The van der Waals surface area contributed by atoms with Crippen LogP contribution in [0.5, 0.6) is 0 Å². The van der Waals surface area contributed by atoms with Gasteiger partial charge >= 0.3 is 5.97 Å². The molecule has 0 bridgehead atoms. The Kier molecular flexibility index (Phi) is 6.13. The van der Waals surface area contributed by atoms with Crippen molar-refractivity contribution in [2.24, 2.45) is 5.92 Å². The fraction of sp³-hybridized carbons (Fsp3) is 0.455. The number of aromatic nitrogens is 2. The maximum absolute atomic E-state index is 14.5. The summed E-state index contributed by atoms with van der Waals surface area (Å²) in [5.41, 5.74) is 0.960. The number of β-amino-alcohol motifs (C(OH)–C–C–N with tert-alkyl or cyclic N) is 1. The number of hydrogen-bond acceptors (Lipinski definition) is 6. The molecule has 1 atom stereocenters. The molecule has 1 aliphatic carbocycles. The van der Waals surface area contributed by atoms with Gasteiger partial charge in [0.05, 0.1) is 18.2 Å². The molecular weight excluding hydrogens is 403 g/mol. The molecule has 164 valence electrons. The summed E-state index contributed by atoms with van der Waals surface area (Å²) in [4.78, 5) is 33.7. The summed E-state index contributed by atoms with van der Waals surface area (Å²) in [5.74, 6) is -1.62. The molecule has 0 radical (unpaired) electrons. The summed E-state index contributed by atoms with van der Waals surface area (Å²) in [5, 5.41) is 22.0. The second-order valence-corrected chi connectivity index (χ2v) is 8.20. The Balaban J connectivity index is 1.50. The standard InChI is InChI=1S/C22H25FN4O4/c23-18-11-24-22(25-16-6-4-13(5-7-16)21(30)31)26-19(18)14-2-1-3-15(10-14)20(29)27-9-8-17(28)12-27/h1-3,10-11,13,16-17,28H,4-9,12H2,(H,30,31)(H,24,25,26)/t13-,16-,17-/m0/s1. The van der Waals surface area contributed by atoms with Crippen molar-refractivity contribution in [1.29, 1.82) is 0 Å². The number of halogens is 1. The van der Waals surface area contributed by atoms with Gasteiger partial charge in [-0.05, 0) is 44.2 Å². The van der Waals surface area contributed by atoms with Crippen molar-refractivity contribution in [1.82, 2.24) is 14.9 Å². The Morgan fingerprint density at radius 2 is 1.94 bits per heavy atom. The molecule has 8 nitrogen and oxygen atoms in total. The molecule has 3 N–H and O–H groups in total. The number of aliphatic hydroxyl groups excluding tert-OH is 1. The van der Waals surface area contributed by atoms with Gasteiger partial charge < -0.3 is 20.4 Å². The SMILES string of the molecule is O=C(c1cccc(-c2nc(N[C@H]3CC[C@H](C(=O)O)CC3)ncc2F)c1)N1CC[C@H](O)C1. The minimum atomic E-state index is -0.767. The van der Waals surface area contributed by atoms with Crippen LogP contribution >= 0.6 is 0 Å². The number of likely N-dealkylation sites (tertiary alicyclic amines) is 1. The van der Waals surface area contributed by atoms with Gasteiger partial charge in [0.15, 0.2) is 5.82 Å². The lowest BCUT2D eigenvalue weighted by Gasteiger charge is -2.26. The number of amides is 1. The first-order valence-corrected chi connectivity index (χ1v) is 10.5. The number of aliphatic carboxylic acids is 1. The molecule has 1 aliphatic heterocycles. The number of benzene rings is 1. The second-order valence-electron chi connectivity index (χ2n) is 8.20. The molecule has 1 saturated carbocycles. The molecular formula is C22H25FN4O4. The van der Waals surface area contributed by atoms with Crippen molar-refractivity contribution < 1.29 is 24.2 Å². The third-order valence-corrected chi connectivity index (χ3v) is 5.99. The van der Waals surface area contributed by atoms with Crippen molar-refractivity contribution in [3.63, 3.8) is 0 Å². The van der Waals surface area contributed by atoms with Crippen molar-refractivity contribution in [3.05, 3.63) is 41.8 Å². The molecule has 0 spiro atoms. The van der Waals surface area contributed by atoms with E-state index in [0.717, 1.165) is 6.20 Å². The van der Waals surface area contributed by atoms with E-state index in [1.165, 1.54) is 0 Å². The minimum Gasteiger partial charge on any atom is -0.481 e. The van der Waals surface area contributed by atoms with E-state index >= 15 is 0 Å². The van der Waals surface area contributed by atoms with Crippen LogP contribution in [-0.2, 0) is 4.79 Å². The number of carbonyl (C=O) groups excluding carboxylic acids is 1. The Morgan fingerprint density at radius 1 is 1.16 bits per heavy atom.